The van der Waals surface area contributed by atoms with Gasteiger partial charge in [0.05, 0.1) is 0 Å². The lowest BCUT2D eigenvalue weighted by molar-refractivity contribution is 0.493. The first-order valence-corrected chi connectivity index (χ1v) is 5.55. The van der Waals surface area contributed by atoms with Gasteiger partial charge in [0, 0.05) is 18.2 Å². The molecule has 0 saturated carbocycles. The summed E-state index contributed by atoms with van der Waals surface area (Å²) in [6.07, 6.45) is 1.71. The molecule has 5 nitrogen and oxygen atoms in total. The fourth-order valence-corrected chi connectivity index (χ4v) is 1.60. The van der Waals surface area contributed by atoms with Crippen LogP contribution in [0.5, 0.6) is 0 Å². The van der Waals surface area contributed by atoms with E-state index in [1.165, 1.54) is 0 Å². The quantitative estimate of drug-likeness (QED) is 0.862. The fraction of sp³-hybridized carbons (Fsp3) is 0.545. The highest BCUT2D eigenvalue weighted by molar-refractivity contribution is 5.47. The van der Waals surface area contributed by atoms with Crippen molar-refractivity contribution in [2.45, 2.75) is 39.7 Å². The van der Waals surface area contributed by atoms with Crippen molar-refractivity contribution in [3.05, 3.63) is 18.1 Å². The summed E-state index contributed by atoms with van der Waals surface area (Å²) < 4.78 is 1.97. The number of nitrogens with one attached hydrogen (secondary N) is 1. The lowest BCUT2D eigenvalue weighted by Crippen LogP contribution is -2.09. The first-order valence-electron chi connectivity index (χ1n) is 5.55. The second-order valence-corrected chi connectivity index (χ2v) is 4.46. The molecular formula is C11H17N5. The van der Waals surface area contributed by atoms with Crippen molar-refractivity contribution in [1.29, 1.82) is 0 Å². The summed E-state index contributed by atoms with van der Waals surface area (Å²) >= 11 is 0. The minimum atomic E-state index is 0.321. The van der Waals surface area contributed by atoms with Crippen LogP contribution in [0, 0.1) is 0 Å². The van der Waals surface area contributed by atoms with E-state index in [4.69, 9.17) is 0 Å². The van der Waals surface area contributed by atoms with E-state index in [9.17, 15) is 0 Å². The maximum absolute atomic E-state index is 4.55. The molecule has 0 unspecified atom stereocenters. The zero-order valence-corrected chi connectivity index (χ0v) is 10.1. The van der Waals surface area contributed by atoms with Gasteiger partial charge in [0.25, 0.3) is 0 Å². The Morgan fingerprint density at radius 2 is 2.00 bits per heavy atom. The molecule has 2 heterocycles. The van der Waals surface area contributed by atoms with Crippen molar-refractivity contribution in [2.24, 2.45) is 0 Å². The summed E-state index contributed by atoms with van der Waals surface area (Å²) in [6, 6.07) is 2.20. The third-order valence-corrected chi connectivity index (χ3v) is 2.40. The van der Waals surface area contributed by atoms with Crippen LogP contribution >= 0.6 is 0 Å². The minimum absolute atomic E-state index is 0.321. The van der Waals surface area contributed by atoms with Crippen LogP contribution in [0.2, 0.25) is 0 Å². The number of nitrogens with zero attached hydrogens (tertiary/aromatic N) is 4. The maximum Gasteiger partial charge on any atom is 0.199 e. The molecule has 0 aliphatic carbocycles. The highest BCUT2D eigenvalue weighted by Gasteiger charge is 2.16. The van der Waals surface area contributed by atoms with E-state index in [2.05, 4.69) is 48.0 Å². The van der Waals surface area contributed by atoms with Gasteiger partial charge >= 0.3 is 0 Å². The SMILES string of the molecule is CC(C)c1nc(-c2ccn[nH]2)nn1C(C)C. The van der Waals surface area contributed by atoms with Gasteiger partial charge in [0.15, 0.2) is 5.82 Å². The van der Waals surface area contributed by atoms with Crippen LogP contribution in [-0.4, -0.2) is 25.0 Å². The van der Waals surface area contributed by atoms with Gasteiger partial charge in [-0.15, -0.1) is 5.10 Å². The zero-order valence-electron chi connectivity index (χ0n) is 10.1. The molecule has 0 aliphatic heterocycles. The van der Waals surface area contributed by atoms with Gasteiger partial charge in [-0.25, -0.2) is 9.67 Å². The minimum Gasteiger partial charge on any atom is -0.275 e. The highest BCUT2D eigenvalue weighted by Crippen LogP contribution is 2.20. The Labute approximate surface area is 94.9 Å². The van der Waals surface area contributed by atoms with Gasteiger partial charge < -0.3 is 0 Å². The number of hydrogen-bond donors (Lipinski definition) is 1. The van der Waals surface area contributed by atoms with E-state index in [1.54, 1.807) is 6.20 Å². The van der Waals surface area contributed by atoms with Gasteiger partial charge in [-0.1, -0.05) is 13.8 Å². The first-order chi connectivity index (χ1) is 7.59. The molecule has 0 aromatic carbocycles. The average molecular weight is 219 g/mol. The Morgan fingerprint density at radius 1 is 1.25 bits per heavy atom. The molecule has 0 aliphatic rings. The largest absolute Gasteiger partial charge is 0.275 e. The molecule has 0 radical (unpaired) electrons. The molecule has 0 atom stereocenters. The van der Waals surface area contributed by atoms with Gasteiger partial charge in [-0.3, -0.25) is 5.10 Å². The smallest absolute Gasteiger partial charge is 0.199 e. The lowest BCUT2D eigenvalue weighted by atomic mass is 10.2. The molecule has 16 heavy (non-hydrogen) atoms. The molecule has 0 spiro atoms. The maximum atomic E-state index is 4.55. The number of H-pyrrole nitrogens is 1. The van der Waals surface area contributed by atoms with Crippen LogP contribution < -0.4 is 0 Å². The van der Waals surface area contributed by atoms with Gasteiger partial charge in [0.2, 0.25) is 0 Å². The van der Waals surface area contributed by atoms with Crippen molar-refractivity contribution in [2.75, 3.05) is 0 Å². The van der Waals surface area contributed by atoms with Crippen molar-refractivity contribution in [3.63, 3.8) is 0 Å². The molecule has 0 saturated heterocycles. The number of hydrogen-bond acceptors (Lipinski definition) is 3. The third-order valence-electron chi connectivity index (χ3n) is 2.40. The predicted octanol–water partition coefficient (Wildman–Crippen LogP) is 2.37. The van der Waals surface area contributed by atoms with E-state index in [0.29, 0.717) is 12.0 Å². The Morgan fingerprint density at radius 3 is 2.44 bits per heavy atom. The van der Waals surface area contributed by atoms with E-state index >= 15 is 0 Å². The summed E-state index contributed by atoms with van der Waals surface area (Å²) in [5.41, 5.74) is 0.862. The van der Waals surface area contributed by atoms with Gasteiger partial charge in [-0.05, 0) is 19.9 Å². The van der Waals surface area contributed by atoms with Gasteiger partial charge in [-0.2, -0.15) is 5.10 Å². The van der Waals surface area contributed by atoms with Crippen LogP contribution in [0.1, 0.15) is 45.5 Å². The van der Waals surface area contributed by atoms with E-state index < -0.39 is 0 Å². The highest BCUT2D eigenvalue weighted by atomic mass is 15.4. The fourth-order valence-electron chi connectivity index (χ4n) is 1.60. The first kappa shape index (κ1) is 10.9. The van der Waals surface area contributed by atoms with Gasteiger partial charge in [0.1, 0.15) is 11.5 Å². The number of aromatic nitrogens is 5. The van der Waals surface area contributed by atoms with Crippen molar-refractivity contribution >= 4 is 0 Å². The molecule has 0 amide bonds. The molecule has 5 heteroatoms. The molecule has 0 fully saturated rings. The second kappa shape index (κ2) is 4.08. The molecule has 2 aromatic rings. The molecule has 2 rings (SSSR count). The summed E-state index contributed by atoms with van der Waals surface area (Å²) in [7, 11) is 0. The van der Waals surface area contributed by atoms with E-state index in [0.717, 1.165) is 17.3 Å². The Hall–Kier alpha value is -1.65. The van der Waals surface area contributed by atoms with E-state index in [1.807, 2.05) is 10.7 Å². The van der Waals surface area contributed by atoms with Crippen LogP contribution in [0.4, 0.5) is 0 Å². The standard InChI is InChI=1S/C11H17N5/c1-7(2)11-13-10(9-5-6-12-14-9)15-16(11)8(3)4/h5-8H,1-4H3,(H,12,14). The zero-order chi connectivity index (χ0) is 11.7. The van der Waals surface area contributed by atoms with Crippen LogP contribution in [0.15, 0.2) is 12.3 Å². The average Bonchev–Trinajstić information content (AvgIpc) is 2.86. The lowest BCUT2D eigenvalue weighted by Gasteiger charge is -2.10. The molecule has 1 N–H and O–H groups in total. The monoisotopic (exact) mass is 219 g/mol. The number of rotatable bonds is 3. The Bertz CT molecular complexity index is 427. The summed E-state index contributed by atoms with van der Waals surface area (Å²) in [5, 5.41) is 11.3. The Kier molecular flexibility index (Phi) is 2.77. The molecule has 0 bridgehead atoms. The summed E-state index contributed by atoms with van der Waals surface area (Å²) in [6.45, 7) is 8.47. The second-order valence-electron chi connectivity index (χ2n) is 4.46. The van der Waals surface area contributed by atoms with Crippen molar-refractivity contribution < 1.29 is 0 Å². The topological polar surface area (TPSA) is 59.4 Å². The van der Waals surface area contributed by atoms with Crippen LogP contribution in [0.25, 0.3) is 11.5 Å². The third kappa shape index (κ3) is 1.85. The number of aromatic amines is 1. The molecule has 86 valence electrons. The normalized spacial score (nSPS) is 11.6. The van der Waals surface area contributed by atoms with Crippen molar-refractivity contribution in [3.8, 4) is 11.5 Å². The molecule has 2 aromatic heterocycles. The van der Waals surface area contributed by atoms with Crippen LogP contribution in [-0.2, 0) is 0 Å². The summed E-state index contributed by atoms with van der Waals surface area (Å²) in [4.78, 5) is 4.55. The van der Waals surface area contributed by atoms with E-state index in [-0.39, 0.29) is 0 Å². The summed E-state index contributed by atoms with van der Waals surface area (Å²) in [5.74, 6) is 2.10. The van der Waals surface area contributed by atoms with Crippen molar-refractivity contribution in [1.82, 2.24) is 25.0 Å². The Balaban J connectivity index is 2.47. The van der Waals surface area contributed by atoms with Crippen LogP contribution in [0.3, 0.4) is 0 Å². The predicted molar refractivity (Wildman–Crippen MR) is 62.1 cm³/mol. The molecular weight excluding hydrogens is 202 g/mol.